The summed E-state index contributed by atoms with van der Waals surface area (Å²) in [6.07, 6.45) is 12.6. The summed E-state index contributed by atoms with van der Waals surface area (Å²) in [6, 6.07) is 1.70. The second-order valence-corrected chi connectivity index (χ2v) is 13.7. The van der Waals surface area contributed by atoms with Crippen LogP contribution in [0.1, 0.15) is 98.3 Å². The Balaban J connectivity index is 0.000000235. The number of ether oxygens (including phenoxy) is 2. The third-order valence-electron chi connectivity index (χ3n) is 8.09. The molecule has 0 aromatic carbocycles. The Morgan fingerprint density at radius 2 is 1.18 bits per heavy atom. The first-order chi connectivity index (χ1) is 18.7. The minimum Gasteiger partial charge on any atom is -0.380 e. The molecule has 40 heavy (non-hydrogen) atoms. The topological polar surface area (TPSA) is 126 Å². The van der Waals surface area contributed by atoms with E-state index >= 15 is 0 Å². The maximum atomic E-state index is 11.8. The molecule has 240 valence electrons. The van der Waals surface area contributed by atoms with Crippen LogP contribution in [0.2, 0.25) is 0 Å². The van der Waals surface area contributed by atoms with Crippen molar-refractivity contribution in [1.29, 1.82) is 0 Å². The lowest BCUT2D eigenvalue weighted by atomic mass is 9.78. The SMILES string of the molecule is CC1CC(C)C1.CC1CC(F)(F)C1.CC1CC1.CN1CCC(N)C1.COC1CC1N.NC1CCC1.NC1COC1. The zero-order chi connectivity index (χ0) is 30.3. The number of hydrogen-bond acceptors (Lipinski definition) is 7. The maximum Gasteiger partial charge on any atom is 0.248 e. The van der Waals surface area contributed by atoms with Crippen LogP contribution in [0.5, 0.6) is 0 Å². The van der Waals surface area contributed by atoms with Crippen molar-refractivity contribution in [2.75, 3.05) is 40.5 Å². The Hall–Kier alpha value is -0.420. The Labute approximate surface area is 244 Å². The van der Waals surface area contributed by atoms with Crippen molar-refractivity contribution >= 4 is 0 Å². The molecule has 2 aliphatic heterocycles. The van der Waals surface area contributed by atoms with Gasteiger partial charge in [0.25, 0.3) is 0 Å². The fraction of sp³-hybridized carbons (Fsp3) is 1.00. The van der Waals surface area contributed by atoms with Crippen LogP contribution in [0.4, 0.5) is 8.78 Å². The van der Waals surface area contributed by atoms with Crippen LogP contribution in [0.3, 0.4) is 0 Å². The maximum absolute atomic E-state index is 11.8. The van der Waals surface area contributed by atoms with Gasteiger partial charge in [-0.2, -0.15) is 0 Å². The average molecular weight is 578 g/mol. The van der Waals surface area contributed by atoms with Crippen LogP contribution < -0.4 is 22.9 Å². The first-order valence-corrected chi connectivity index (χ1v) is 15.9. The summed E-state index contributed by atoms with van der Waals surface area (Å²) < 4.78 is 33.1. The molecule has 0 aromatic heterocycles. The van der Waals surface area contributed by atoms with Crippen molar-refractivity contribution in [3.05, 3.63) is 0 Å². The van der Waals surface area contributed by atoms with Crippen LogP contribution >= 0.6 is 0 Å². The molecule has 7 rings (SSSR count). The van der Waals surface area contributed by atoms with Gasteiger partial charge in [-0.1, -0.05) is 47.0 Å². The molecule has 5 saturated carbocycles. The van der Waals surface area contributed by atoms with Gasteiger partial charge < -0.3 is 37.3 Å². The highest BCUT2D eigenvalue weighted by molar-refractivity contribution is 4.91. The van der Waals surface area contributed by atoms with Gasteiger partial charge in [0.05, 0.1) is 25.4 Å². The van der Waals surface area contributed by atoms with E-state index in [1.165, 1.54) is 57.9 Å². The Morgan fingerprint density at radius 1 is 0.725 bits per heavy atom. The lowest BCUT2D eigenvalue weighted by Gasteiger charge is -2.31. The second kappa shape index (κ2) is 19.7. The third kappa shape index (κ3) is 20.5. The number of alkyl halides is 2. The largest absolute Gasteiger partial charge is 0.380 e. The zero-order valence-corrected chi connectivity index (χ0v) is 26.6. The average Bonchev–Trinajstić information content (AvgIpc) is 3.72. The van der Waals surface area contributed by atoms with Crippen molar-refractivity contribution in [2.24, 2.45) is 46.6 Å². The van der Waals surface area contributed by atoms with E-state index in [2.05, 4.69) is 32.7 Å². The normalized spacial score (nSPS) is 33.5. The molecule has 3 unspecified atom stereocenters. The molecule has 2 heterocycles. The van der Waals surface area contributed by atoms with Gasteiger partial charge in [-0.3, -0.25) is 0 Å². The molecule has 5 aliphatic carbocycles. The van der Waals surface area contributed by atoms with Gasteiger partial charge in [0, 0.05) is 44.6 Å². The van der Waals surface area contributed by atoms with E-state index in [0.29, 0.717) is 30.3 Å². The van der Waals surface area contributed by atoms with Gasteiger partial charge in [-0.25, -0.2) is 8.78 Å². The van der Waals surface area contributed by atoms with Crippen molar-refractivity contribution in [3.8, 4) is 0 Å². The molecule has 0 spiro atoms. The molecule has 0 bridgehead atoms. The van der Waals surface area contributed by atoms with Crippen LogP contribution in [0, 0.1) is 23.7 Å². The number of halogens is 2. The smallest absolute Gasteiger partial charge is 0.248 e. The highest BCUT2D eigenvalue weighted by atomic mass is 19.3. The number of methoxy groups -OCH3 is 1. The molecule has 7 aliphatic rings. The number of hydrogen-bond donors (Lipinski definition) is 4. The van der Waals surface area contributed by atoms with Gasteiger partial charge in [-0.15, -0.1) is 0 Å². The fourth-order valence-corrected chi connectivity index (χ4v) is 4.55. The highest BCUT2D eigenvalue weighted by Crippen LogP contribution is 2.41. The predicted octanol–water partition coefficient (Wildman–Crippen LogP) is 4.74. The second-order valence-electron chi connectivity index (χ2n) is 13.7. The van der Waals surface area contributed by atoms with Crippen molar-refractivity contribution in [1.82, 2.24) is 4.90 Å². The van der Waals surface area contributed by atoms with Crippen LogP contribution in [-0.4, -0.2) is 81.6 Å². The Kier molecular flexibility index (Phi) is 18.5. The van der Waals surface area contributed by atoms with Gasteiger partial charge in [0.2, 0.25) is 5.92 Å². The number of likely N-dealkylation sites (N-methyl/N-ethyl adjacent to an activating group) is 1. The summed E-state index contributed by atoms with van der Waals surface area (Å²) in [4.78, 5) is 2.25. The minimum absolute atomic E-state index is 0.104. The van der Waals surface area contributed by atoms with Crippen LogP contribution in [0.15, 0.2) is 0 Å². The molecule has 7 fully saturated rings. The van der Waals surface area contributed by atoms with E-state index in [1.54, 1.807) is 7.11 Å². The summed E-state index contributed by atoms with van der Waals surface area (Å²) in [5.74, 6) is 1.12. The quantitative estimate of drug-likeness (QED) is 0.355. The molecule has 3 atom stereocenters. The van der Waals surface area contributed by atoms with Crippen molar-refractivity contribution < 1.29 is 18.3 Å². The number of likely N-dealkylation sites (tertiary alicyclic amines) is 1. The number of rotatable bonds is 1. The summed E-state index contributed by atoms with van der Waals surface area (Å²) >= 11 is 0. The summed E-state index contributed by atoms with van der Waals surface area (Å²) in [6.45, 7) is 12.6. The monoisotopic (exact) mass is 578 g/mol. The van der Waals surface area contributed by atoms with E-state index in [1.807, 2.05) is 6.92 Å². The molecule has 0 amide bonds. The molecule has 0 radical (unpaired) electrons. The van der Waals surface area contributed by atoms with Crippen LogP contribution in [-0.2, 0) is 9.47 Å². The van der Waals surface area contributed by atoms with Crippen molar-refractivity contribution in [2.45, 2.75) is 135 Å². The predicted molar refractivity (Wildman–Crippen MR) is 163 cm³/mol. The zero-order valence-electron chi connectivity index (χ0n) is 26.6. The van der Waals surface area contributed by atoms with E-state index in [-0.39, 0.29) is 18.8 Å². The minimum atomic E-state index is -2.31. The third-order valence-corrected chi connectivity index (χ3v) is 8.09. The van der Waals surface area contributed by atoms with E-state index < -0.39 is 5.92 Å². The van der Waals surface area contributed by atoms with E-state index in [4.69, 9.17) is 32.4 Å². The van der Waals surface area contributed by atoms with Crippen LogP contribution in [0.25, 0.3) is 0 Å². The summed E-state index contributed by atoms with van der Waals surface area (Å²) in [5, 5.41) is 0. The molecular weight excluding hydrogens is 512 g/mol. The van der Waals surface area contributed by atoms with Gasteiger partial charge in [0.1, 0.15) is 0 Å². The molecular formula is C31H65F2N5O2. The van der Waals surface area contributed by atoms with Gasteiger partial charge in [-0.05, 0) is 75.8 Å². The first kappa shape index (κ1) is 37.6. The number of nitrogens with zero attached hydrogens (tertiary/aromatic N) is 1. The summed E-state index contributed by atoms with van der Waals surface area (Å²) in [5.41, 5.74) is 21.6. The van der Waals surface area contributed by atoms with Gasteiger partial charge >= 0.3 is 0 Å². The van der Waals surface area contributed by atoms with E-state index in [9.17, 15) is 8.78 Å². The fourth-order valence-electron chi connectivity index (χ4n) is 4.55. The Morgan fingerprint density at radius 3 is 1.20 bits per heavy atom. The number of nitrogens with two attached hydrogens (primary N) is 4. The van der Waals surface area contributed by atoms with Gasteiger partial charge in [0.15, 0.2) is 0 Å². The highest BCUT2D eigenvalue weighted by Gasteiger charge is 2.42. The van der Waals surface area contributed by atoms with E-state index in [0.717, 1.165) is 43.9 Å². The molecule has 0 aromatic rings. The first-order valence-electron chi connectivity index (χ1n) is 15.9. The molecule has 7 nitrogen and oxygen atoms in total. The molecule has 9 heteroatoms. The molecule has 8 N–H and O–H groups in total. The Bertz CT molecular complexity index is 593. The van der Waals surface area contributed by atoms with Crippen molar-refractivity contribution in [3.63, 3.8) is 0 Å². The summed E-state index contributed by atoms with van der Waals surface area (Å²) in [7, 11) is 3.80. The molecule has 2 saturated heterocycles. The lowest BCUT2D eigenvalue weighted by Crippen LogP contribution is -2.41. The lowest BCUT2D eigenvalue weighted by molar-refractivity contribution is -0.104. The standard InChI is InChI=1S/C6H12.C5H8F2.C5H12N2.C4H9NO.C4H9N.C4H8.C3H7NO/c1-5-3-6(2)4-5;1-4-2-5(6,7)3-4;1-7-3-2-5(6)4-7;1-6-4-2-3(4)5;5-4-2-1-3-4;1-4-2-3-4;4-3-1-5-2-3/h5-6H,3-4H2,1-2H3;4H,2-3H2,1H3;5H,2-4,6H2,1H3;3-4H,2,5H2,1H3;4H,1-3,5H2;4H,2-3H2,1H3;3H,1-2,4H2.